The number of nitrogens with zero attached hydrogens (tertiary/aromatic N) is 2. The molecule has 5 heteroatoms. The number of hydrogen-bond acceptors (Lipinski definition) is 3. The van der Waals surface area contributed by atoms with Gasteiger partial charge in [0.2, 0.25) is 0 Å². The Balaban J connectivity index is 1.76. The zero-order valence-corrected chi connectivity index (χ0v) is 16.3. The Hall–Kier alpha value is -2.92. The molecule has 4 rings (SSSR count). The van der Waals surface area contributed by atoms with Crippen molar-refractivity contribution in [2.24, 2.45) is 7.05 Å². The number of aryl methyl sites for hydroxylation is 2. The van der Waals surface area contributed by atoms with Crippen LogP contribution in [0, 0.1) is 0 Å². The maximum Gasteiger partial charge on any atom is 0.255 e. The average molecular weight is 375 g/mol. The fraction of sp³-hybridized carbons (Fsp3) is 0.304. The third-order valence-corrected chi connectivity index (χ3v) is 5.66. The number of nitrogens with one attached hydrogen (secondary N) is 1. The lowest BCUT2D eigenvalue weighted by molar-refractivity contribution is 0.0636. The zero-order chi connectivity index (χ0) is 19.7. The van der Waals surface area contributed by atoms with Gasteiger partial charge in [-0.05, 0) is 23.6 Å². The van der Waals surface area contributed by atoms with E-state index in [-0.39, 0.29) is 17.5 Å². The maximum absolute atomic E-state index is 13.5. The van der Waals surface area contributed by atoms with E-state index >= 15 is 0 Å². The van der Waals surface area contributed by atoms with Crippen molar-refractivity contribution in [3.8, 4) is 0 Å². The minimum atomic E-state index is -0.166. The summed E-state index contributed by atoms with van der Waals surface area (Å²) in [4.78, 5) is 27.9. The Morgan fingerprint density at radius 1 is 1.14 bits per heavy atom. The van der Waals surface area contributed by atoms with Gasteiger partial charge < -0.3 is 14.8 Å². The molecule has 5 nitrogen and oxygen atoms in total. The number of pyridine rings is 1. The van der Waals surface area contributed by atoms with Crippen LogP contribution in [0.15, 0.2) is 59.4 Å². The minimum absolute atomic E-state index is 0.0463. The molecule has 0 spiro atoms. The highest BCUT2D eigenvalue weighted by molar-refractivity contribution is 6.06. The SMILES string of the molecule is CCc1ccc(C2CNCCN2C(=O)c2cc(=O)n(C)c3ccccc23)cc1. The summed E-state index contributed by atoms with van der Waals surface area (Å²) in [5.41, 5.74) is 3.49. The van der Waals surface area contributed by atoms with E-state index in [1.165, 1.54) is 11.6 Å². The van der Waals surface area contributed by atoms with Gasteiger partial charge in [-0.3, -0.25) is 9.59 Å². The first-order valence-electron chi connectivity index (χ1n) is 9.79. The van der Waals surface area contributed by atoms with Crippen molar-refractivity contribution in [3.05, 3.63) is 81.6 Å². The minimum Gasteiger partial charge on any atom is -0.329 e. The van der Waals surface area contributed by atoms with Gasteiger partial charge in [0.1, 0.15) is 0 Å². The molecule has 0 radical (unpaired) electrons. The first kappa shape index (κ1) is 18.4. The fourth-order valence-corrected chi connectivity index (χ4v) is 3.96. The predicted octanol–water partition coefficient (Wildman–Crippen LogP) is 2.89. The predicted molar refractivity (Wildman–Crippen MR) is 112 cm³/mol. The van der Waals surface area contributed by atoms with E-state index in [9.17, 15) is 9.59 Å². The van der Waals surface area contributed by atoms with Gasteiger partial charge in [0.05, 0.1) is 17.1 Å². The van der Waals surface area contributed by atoms with Crippen LogP contribution in [0.5, 0.6) is 0 Å². The summed E-state index contributed by atoms with van der Waals surface area (Å²) >= 11 is 0. The number of rotatable bonds is 3. The number of amides is 1. The summed E-state index contributed by atoms with van der Waals surface area (Å²) in [7, 11) is 1.74. The van der Waals surface area contributed by atoms with Crippen molar-refractivity contribution < 1.29 is 4.79 Å². The molecular formula is C23H25N3O2. The molecule has 28 heavy (non-hydrogen) atoms. The van der Waals surface area contributed by atoms with E-state index in [1.807, 2.05) is 29.2 Å². The van der Waals surface area contributed by atoms with Crippen LogP contribution in [-0.4, -0.2) is 35.0 Å². The normalized spacial score (nSPS) is 17.1. The molecule has 1 saturated heterocycles. The van der Waals surface area contributed by atoms with Crippen LogP contribution in [0.25, 0.3) is 10.9 Å². The van der Waals surface area contributed by atoms with Crippen molar-refractivity contribution >= 4 is 16.8 Å². The topological polar surface area (TPSA) is 54.3 Å². The molecule has 2 heterocycles. The maximum atomic E-state index is 13.5. The molecule has 1 amide bonds. The number of aromatic nitrogens is 1. The molecule has 1 aromatic heterocycles. The second-order valence-electron chi connectivity index (χ2n) is 7.29. The third kappa shape index (κ3) is 3.22. The van der Waals surface area contributed by atoms with Gasteiger partial charge in [-0.25, -0.2) is 0 Å². The number of hydrogen-bond donors (Lipinski definition) is 1. The Bertz CT molecular complexity index is 1070. The van der Waals surface area contributed by atoms with E-state index in [1.54, 1.807) is 11.6 Å². The second-order valence-corrected chi connectivity index (χ2v) is 7.29. The van der Waals surface area contributed by atoms with Crippen LogP contribution in [0.4, 0.5) is 0 Å². The summed E-state index contributed by atoms with van der Waals surface area (Å²) in [6, 6.07) is 17.5. The Kier molecular flexibility index (Phi) is 5.01. The van der Waals surface area contributed by atoms with E-state index in [2.05, 4.69) is 36.5 Å². The van der Waals surface area contributed by atoms with Gasteiger partial charge >= 0.3 is 0 Å². The number of carbonyl (C=O) groups is 1. The largest absolute Gasteiger partial charge is 0.329 e. The van der Waals surface area contributed by atoms with Crippen LogP contribution in [0.3, 0.4) is 0 Å². The highest BCUT2D eigenvalue weighted by Crippen LogP contribution is 2.26. The fourth-order valence-electron chi connectivity index (χ4n) is 3.96. The first-order valence-corrected chi connectivity index (χ1v) is 9.79. The lowest BCUT2D eigenvalue weighted by atomic mass is 9.99. The van der Waals surface area contributed by atoms with E-state index < -0.39 is 0 Å². The standard InChI is InChI=1S/C23H25N3O2/c1-3-16-8-10-17(11-9-16)21-15-24-12-13-26(21)23(28)19-14-22(27)25(2)20-7-5-4-6-18(19)20/h4-11,14,21,24H,3,12-13,15H2,1-2H3. The number of fused-ring (bicyclic) bond motifs is 1. The molecule has 1 N–H and O–H groups in total. The molecule has 1 fully saturated rings. The molecule has 1 unspecified atom stereocenters. The summed E-state index contributed by atoms with van der Waals surface area (Å²) in [6.45, 7) is 4.20. The van der Waals surface area contributed by atoms with Gasteiger partial charge in [-0.1, -0.05) is 49.4 Å². The summed E-state index contributed by atoms with van der Waals surface area (Å²) < 4.78 is 1.59. The first-order chi connectivity index (χ1) is 13.6. The molecule has 1 aliphatic rings. The number of carbonyl (C=O) groups excluding carboxylic acids is 1. The molecule has 0 saturated carbocycles. The lowest BCUT2D eigenvalue weighted by Gasteiger charge is -2.37. The van der Waals surface area contributed by atoms with Crippen LogP contribution < -0.4 is 10.9 Å². The van der Waals surface area contributed by atoms with Crippen molar-refractivity contribution in [1.82, 2.24) is 14.8 Å². The molecule has 1 atom stereocenters. The quantitative estimate of drug-likeness (QED) is 0.766. The monoisotopic (exact) mass is 375 g/mol. The molecular weight excluding hydrogens is 350 g/mol. The zero-order valence-electron chi connectivity index (χ0n) is 16.3. The van der Waals surface area contributed by atoms with E-state index in [0.717, 1.165) is 29.4 Å². The number of para-hydroxylation sites is 1. The number of piperazine rings is 1. The van der Waals surface area contributed by atoms with Crippen LogP contribution >= 0.6 is 0 Å². The summed E-state index contributed by atoms with van der Waals surface area (Å²) in [6.07, 6.45) is 0.991. The Labute approximate surface area is 164 Å². The Morgan fingerprint density at radius 3 is 2.64 bits per heavy atom. The lowest BCUT2D eigenvalue weighted by Crippen LogP contribution is -2.49. The van der Waals surface area contributed by atoms with Crippen molar-refractivity contribution in [3.63, 3.8) is 0 Å². The summed E-state index contributed by atoms with van der Waals surface area (Å²) in [5.74, 6) is -0.0834. The van der Waals surface area contributed by atoms with Gasteiger partial charge in [-0.15, -0.1) is 0 Å². The van der Waals surface area contributed by atoms with Gasteiger partial charge in [-0.2, -0.15) is 0 Å². The van der Waals surface area contributed by atoms with Crippen LogP contribution in [-0.2, 0) is 13.5 Å². The van der Waals surface area contributed by atoms with Crippen molar-refractivity contribution in [2.45, 2.75) is 19.4 Å². The second kappa shape index (κ2) is 7.60. The molecule has 0 aliphatic carbocycles. The van der Waals surface area contributed by atoms with Gasteiger partial charge in [0.15, 0.2) is 0 Å². The molecule has 3 aromatic rings. The van der Waals surface area contributed by atoms with Gasteiger partial charge in [0.25, 0.3) is 11.5 Å². The van der Waals surface area contributed by atoms with Crippen LogP contribution in [0.1, 0.15) is 34.5 Å². The van der Waals surface area contributed by atoms with Crippen LogP contribution in [0.2, 0.25) is 0 Å². The smallest absolute Gasteiger partial charge is 0.255 e. The third-order valence-electron chi connectivity index (χ3n) is 5.66. The van der Waals surface area contributed by atoms with E-state index in [4.69, 9.17) is 0 Å². The summed E-state index contributed by atoms with van der Waals surface area (Å²) in [5, 5.41) is 4.21. The van der Waals surface area contributed by atoms with Crippen molar-refractivity contribution in [1.29, 1.82) is 0 Å². The van der Waals surface area contributed by atoms with Gasteiger partial charge in [0, 0.05) is 38.1 Å². The Morgan fingerprint density at radius 2 is 1.89 bits per heavy atom. The highest BCUT2D eigenvalue weighted by atomic mass is 16.2. The molecule has 144 valence electrons. The molecule has 1 aliphatic heterocycles. The average Bonchev–Trinajstić information content (AvgIpc) is 2.76. The molecule has 0 bridgehead atoms. The van der Waals surface area contributed by atoms with E-state index in [0.29, 0.717) is 18.7 Å². The van der Waals surface area contributed by atoms with Crippen molar-refractivity contribution in [2.75, 3.05) is 19.6 Å². The molecule has 2 aromatic carbocycles. The number of benzene rings is 2. The highest BCUT2D eigenvalue weighted by Gasteiger charge is 2.30.